The molecule has 4 nitrogen and oxygen atoms in total. The molecule has 3 heterocycles. The van der Waals surface area contributed by atoms with Gasteiger partial charge in [0.15, 0.2) is 0 Å². The summed E-state index contributed by atoms with van der Waals surface area (Å²) in [5.41, 5.74) is 1.77. The molecule has 1 aromatic rings. The Balaban J connectivity index is 1.31. The van der Waals surface area contributed by atoms with Gasteiger partial charge in [-0.05, 0) is 82.3 Å². The molecule has 0 amide bonds. The monoisotopic (exact) mass is 385 g/mol. The lowest BCUT2D eigenvalue weighted by Gasteiger charge is -2.53. The van der Waals surface area contributed by atoms with Crippen molar-refractivity contribution in [2.45, 2.75) is 51.5 Å². The summed E-state index contributed by atoms with van der Waals surface area (Å²) in [6.07, 6.45) is 7.63. The maximum absolute atomic E-state index is 10.2. The summed E-state index contributed by atoms with van der Waals surface area (Å²) in [5.74, 6) is 0.470. The number of para-hydroxylation sites is 1. The second-order valence-electron chi connectivity index (χ2n) is 9.38. The second kappa shape index (κ2) is 9.15. The van der Waals surface area contributed by atoms with Crippen LogP contribution in [-0.2, 0) is 0 Å². The first-order chi connectivity index (χ1) is 13.7. The van der Waals surface area contributed by atoms with Crippen LogP contribution in [0, 0.1) is 11.3 Å². The van der Waals surface area contributed by atoms with Gasteiger partial charge in [-0.15, -0.1) is 0 Å². The Morgan fingerprint density at radius 3 is 2.29 bits per heavy atom. The molecule has 3 aliphatic heterocycles. The Kier molecular flexibility index (Phi) is 6.59. The third-order valence-electron chi connectivity index (χ3n) is 7.93. The zero-order valence-corrected chi connectivity index (χ0v) is 17.7. The first-order valence-electron chi connectivity index (χ1n) is 11.6. The molecule has 0 bridgehead atoms. The predicted octanol–water partition coefficient (Wildman–Crippen LogP) is 3.46. The van der Waals surface area contributed by atoms with Crippen LogP contribution in [0.15, 0.2) is 30.3 Å². The van der Waals surface area contributed by atoms with Crippen molar-refractivity contribution in [1.29, 1.82) is 0 Å². The van der Waals surface area contributed by atoms with Gasteiger partial charge in [-0.3, -0.25) is 4.90 Å². The molecule has 0 saturated carbocycles. The largest absolute Gasteiger partial charge is 0.396 e. The van der Waals surface area contributed by atoms with E-state index in [-0.39, 0.29) is 0 Å². The van der Waals surface area contributed by atoms with Gasteiger partial charge in [0.1, 0.15) is 0 Å². The molecule has 3 fully saturated rings. The Hall–Kier alpha value is -1.10. The standard InChI is InChI=1S/C24H39N3O/c1-2-13-25-16-10-24(11-17-25)12-18-27(19-21(24)20-28)23-8-14-26(15-9-23)22-6-4-3-5-7-22/h3-7,21,23,28H,2,8-20H2,1H3/t21-/m0/s1. The number of rotatable bonds is 5. The molecule has 0 aromatic heterocycles. The Labute approximate surface area is 171 Å². The molecule has 4 rings (SSSR count). The Bertz CT molecular complexity index is 591. The van der Waals surface area contributed by atoms with Gasteiger partial charge in [0.05, 0.1) is 0 Å². The highest BCUT2D eigenvalue weighted by molar-refractivity contribution is 5.46. The summed E-state index contributed by atoms with van der Waals surface area (Å²) < 4.78 is 0. The number of likely N-dealkylation sites (tertiary alicyclic amines) is 2. The molecular formula is C24H39N3O. The van der Waals surface area contributed by atoms with Gasteiger partial charge in [-0.1, -0.05) is 25.1 Å². The third-order valence-corrected chi connectivity index (χ3v) is 7.93. The van der Waals surface area contributed by atoms with E-state index in [4.69, 9.17) is 0 Å². The van der Waals surface area contributed by atoms with Crippen LogP contribution in [0.1, 0.15) is 45.4 Å². The average molecular weight is 386 g/mol. The van der Waals surface area contributed by atoms with Gasteiger partial charge >= 0.3 is 0 Å². The molecule has 3 saturated heterocycles. The molecule has 3 aliphatic rings. The quantitative estimate of drug-likeness (QED) is 0.841. The van der Waals surface area contributed by atoms with Crippen LogP contribution in [0.2, 0.25) is 0 Å². The van der Waals surface area contributed by atoms with Crippen molar-refractivity contribution in [2.24, 2.45) is 11.3 Å². The Morgan fingerprint density at radius 2 is 1.64 bits per heavy atom. The van der Waals surface area contributed by atoms with E-state index in [9.17, 15) is 5.11 Å². The van der Waals surface area contributed by atoms with E-state index in [2.05, 4.69) is 52.0 Å². The second-order valence-corrected chi connectivity index (χ2v) is 9.38. The zero-order chi connectivity index (χ0) is 19.4. The molecular weight excluding hydrogens is 346 g/mol. The van der Waals surface area contributed by atoms with Crippen molar-refractivity contribution in [3.63, 3.8) is 0 Å². The highest BCUT2D eigenvalue weighted by Gasteiger charge is 2.45. The lowest BCUT2D eigenvalue weighted by atomic mass is 9.64. The maximum Gasteiger partial charge on any atom is 0.0476 e. The van der Waals surface area contributed by atoms with Gasteiger partial charge < -0.3 is 14.9 Å². The summed E-state index contributed by atoms with van der Waals surface area (Å²) in [4.78, 5) is 7.90. The fraction of sp³-hybridized carbons (Fsp3) is 0.750. The number of hydrogen-bond acceptors (Lipinski definition) is 4. The highest BCUT2D eigenvalue weighted by Crippen LogP contribution is 2.46. The SMILES string of the molecule is CCCN1CCC2(CC1)CCN(C1CCN(c3ccccc3)CC1)C[C@H]2CO. The number of aliphatic hydroxyl groups is 1. The van der Waals surface area contributed by atoms with E-state index in [0.29, 0.717) is 24.0 Å². The molecule has 0 radical (unpaired) electrons. The van der Waals surface area contributed by atoms with E-state index >= 15 is 0 Å². The van der Waals surface area contributed by atoms with Gasteiger partial charge in [0.25, 0.3) is 0 Å². The van der Waals surface area contributed by atoms with Crippen LogP contribution >= 0.6 is 0 Å². The van der Waals surface area contributed by atoms with E-state index in [0.717, 1.165) is 19.6 Å². The minimum atomic E-state index is 0.368. The summed E-state index contributed by atoms with van der Waals surface area (Å²) in [5, 5.41) is 10.2. The number of benzene rings is 1. The van der Waals surface area contributed by atoms with E-state index in [1.807, 2.05) is 0 Å². The number of hydrogen-bond donors (Lipinski definition) is 1. The lowest BCUT2D eigenvalue weighted by Crippen LogP contribution is -2.56. The molecule has 0 aliphatic carbocycles. The van der Waals surface area contributed by atoms with Gasteiger partial charge in [0, 0.05) is 43.9 Å². The smallest absolute Gasteiger partial charge is 0.0476 e. The van der Waals surface area contributed by atoms with Crippen LogP contribution in [0.4, 0.5) is 5.69 Å². The van der Waals surface area contributed by atoms with Gasteiger partial charge in [0.2, 0.25) is 0 Å². The van der Waals surface area contributed by atoms with Crippen LogP contribution in [0.5, 0.6) is 0 Å². The highest BCUT2D eigenvalue weighted by atomic mass is 16.3. The number of anilines is 1. The van der Waals surface area contributed by atoms with Crippen LogP contribution in [-0.4, -0.2) is 73.4 Å². The minimum Gasteiger partial charge on any atom is -0.396 e. The zero-order valence-electron chi connectivity index (χ0n) is 17.7. The lowest BCUT2D eigenvalue weighted by molar-refractivity contribution is -0.0546. The summed E-state index contributed by atoms with van der Waals surface area (Å²) in [6, 6.07) is 11.6. The first-order valence-corrected chi connectivity index (χ1v) is 11.6. The normalized spacial score (nSPS) is 27.4. The topological polar surface area (TPSA) is 30.0 Å². The number of nitrogens with zero attached hydrogens (tertiary/aromatic N) is 3. The molecule has 4 heteroatoms. The molecule has 1 N–H and O–H groups in total. The summed E-state index contributed by atoms with van der Waals surface area (Å²) >= 11 is 0. The molecule has 28 heavy (non-hydrogen) atoms. The van der Waals surface area contributed by atoms with E-state index < -0.39 is 0 Å². The molecule has 0 unspecified atom stereocenters. The van der Waals surface area contributed by atoms with Gasteiger partial charge in [-0.25, -0.2) is 0 Å². The molecule has 1 spiro atoms. The minimum absolute atomic E-state index is 0.368. The number of aliphatic hydroxyl groups excluding tert-OH is 1. The van der Waals surface area contributed by atoms with Gasteiger partial charge in [-0.2, -0.15) is 0 Å². The average Bonchev–Trinajstić information content (AvgIpc) is 2.77. The fourth-order valence-corrected chi connectivity index (χ4v) is 6.05. The Morgan fingerprint density at radius 1 is 0.964 bits per heavy atom. The van der Waals surface area contributed by atoms with Crippen molar-refractivity contribution in [2.75, 3.05) is 57.3 Å². The van der Waals surface area contributed by atoms with E-state index in [1.165, 1.54) is 70.4 Å². The predicted molar refractivity (Wildman–Crippen MR) is 117 cm³/mol. The molecule has 1 aromatic carbocycles. The summed E-state index contributed by atoms with van der Waals surface area (Å²) in [7, 11) is 0. The van der Waals surface area contributed by atoms with Crippen LogP contribution < -0.4 is 4.90 Å². The van der Waals surface area contributed by atoms with Crippen LogP contribution in [0.25, 0.3) is 0 Å². The van der Waals surface area contributed by atoms with Crippen molar-refractivity contribution >= 4 is 5.69 Å². The first kappa shape index (κ1) is 20.2. The maximum atomic E-state index is 10.2. The molecule has 156 valence electrons. The van der Waals surface area contributed by atoms with Crippen molar-refractivity contribution in [3.05, 3.63) is 30.3 Å². The van der Waals surface area contributed by atoms with Crippen molar-refractivity contribution in [1.82, 2.24) is 9.80 Å². The number of piperidine rings is 3. The van der Waals surface area contributed by atoms with E-state index in [1.54, 1.807) is 0 Å². The van der Waals surface area contributed by atoms with Crippen molar-refractivity contribution in [3.8, 4) is 0 Å². The molecule has 1 atom stereocenters. The fourth-order valence-electron chi connectivity index (χ4n) is 6.05. The van der Waals surface area contributed by atoms with Crippen LogP contribution in [0.3, 0.4) is 0 Å². The summed E-state index contributed by atoms with van der Waals surface area (Å²) in [6.45, 7) is 11.0. The third kappa shape index (κ3) is 4.24. The van der Waals surface area contributed by atoms with Crippen molar-refractivity contribution < 1.29 is 5.11 Å².